The molecule has 0 spiro atoms. The molecule has 3 aromatic rings. The van der Waals surface area contributed by atoms with Crippen molar-refractivity contribution in [1.29, 1.82) is 0 Å². The summed E-state index contributed by atoms with van der Waals surface area (Å²) in [6.07, 6.45) is 2.36. The minimum absolute atomic E-state index is 0.0775. The third-order valence-electron chi connectivity index (χ3n) is 3.93. The predicted molar refractivity (Wildman–Crippen MR) is 99.3 cm³/mol. The highest BCUT2D eigenvalue weighted by Gasteiger charge is 2.10. The van der Waals surface area contributed by atoms with Crippen molar-refractivity contribution in [1.82, 2.24) is 0 Å². The number of hydrogen-bond acceptors (Lipinski definition) is 5. The van der Waals surface area contributed by atoms with Gasteiger partial charge in [-0.25, -0.2) is 0 Å². The van der Waals surface area contributed by atoms with Crippen molar-refractivity contribution in [2.75, 3.05) is 13.2 Å². The van der Waals surface area contributed by atoms with Crippen LogP contribution in [0.1, 0.15) is 19.8 Å². The van der Waals surface area contributed by atoms with E-state index in [1.165, 1.54) is 6.26 Å². The Kier molecular flexibility index (Phi) is 5.69. The van der Waals surface area contributed by atoms with Crippen molar-refractivity contribution < 1.29 is 18.7 Å². The Hall–Kier alpha value is -3.08. The topological polar surface area (TPSA) is 65.7 Å². The Morgan fingerprint density at radius 3 is 2.69 bits per heavy atom. The van der Waals surface area contributed by atoms with E-state index in [9.17, 15) is 9.59 Å². The first-order valence-corrected chi connectivity index (χ1v) is 8.58. The first-order valence-electron chi connectivity index (χ1n) is 8.58. The highest BCUT2D eigenvalue weighted by atomic mass is 16.5. The van der Waals surface area contributed by atoms with Crippen LogP contribution in [-0.4, -0.2) is 19.2 Å². The lowest BCUT2D eigenvalue weighted by Gasteiger charge is -2.07. The lowest BCUT2D eigenvalue weighted by atomic mass is 10.1. The van der Waals surface area contributed by atoms with Gasteiger partial charge in [-0.3, -0.25) is 9.59 Å². The maximum Gasteiger partial charge on any atom is 0.305 e. The van der Waals surface area contributed by atoms with Gasteiger partial charge in [-0.15, -0.1) is 0 Å². The number of carbonyl (C=O) groups is 1. The van der Waals surface area contributed by atoms with Crippen LogP contribution in [0.25, 0.3) is 22.1 Å². The molecule has 0 unspecified atom stereocenters. The zero-order valence-electron chi connectivity index (χ0n) is 14.6. The molecular formula is C21H20O5. The molecule has 3 rings (SSSR count). The molecule has 26 heavy (non-hydrogen) atoms. The fourth-order valence-corrected chi connectivity index (χ4v) is 2.66. The maximum absolute atomic E-state index is 12.7. The molecule has 0 saturated heterocycles. The molecule has 0 aliphatic heterocycles. The summed E-state index contributed by atoms with van der Waals surface area (Å²) < 4.78 is 16.1. The summed E-state index contributed by atoms with van der Waals surface area (Å²) in [5, 5.41) is 0.505. The zero-order chi connectivity index (χ0) is 18.4. The molecule has 1 heterocycles. The van der Waals surface area contributed by atoms with Gasteiger partial charge in [0.25, 0.3) is 0 Å². The van der Waals surface area contributed by atoms with Gasteiger partial charge in [-0.2, -0.15) is 0 Å². The van der Waals surface area contributed by atoms with E-state index in [0.717, 1.165) is 5.56 Å². The summed E-state index contributed by atoms with van der Waals surface area (Å²) in [5.41, 5.74) is 1.74. The molecule has 0 radical (unpaired) electrons. The van der Waals surface area contributed by atoms with E-state index in [1.807, 2.05) is 30.3 Å². The molecule has 0 saturated carbocycles. The minimum Gasteiger partial charge on any atom is -0.493 e. The monoisotopic (exact) mass is 352 g/mol. The highest BCUT2D eigenvalue weighted by Crippen LogP contribution is 2.23. The van der Waals surface area contributed by atoms with E-state index in [4.69, 9.17) is 13.9 Å². The number of hydrogen-bond donors (Lipinski definition) is 0. The molecule has 0 fully saturated rings. The van der Waals surface area contributed by atoms with Crippen LogP contribution in [0, 0.1) is 0 Å². The van der Waals surface area contributed by atoms with Gasteiger partial charge >= 0.3 is 5.97 Å². The van der Waals surface area contributed by atoms with Gasteiger partial charge < -0.3 is 13.9 Å². The smallest absolute Gasteiger partial charge is 0.305 e. The normalized spacial score (nSPS) is 10.7. The van der Waals surface area contributed by atoms with Gasteiger partial charge in [-0.05, 0) is 31.0 Å². The molecule has 2 aromatic carbocycles. The van der Waals surface area contributed by atoms with Gasteiger partial charge in [0, 0.05) is 12.5 Å². The van der Waals surface area contributed by atoms with E-state index in [1.54, 1.807) is 25.1 Å². The number of benzene rings is 2. The second-order valence-electron chi connectivity index (χ2n) is 5.76. The fourth-order valence-electron chi connectivity index (χ4n) is 2.66. The molecule has 0 bridgehead atoms. The van der Waals surface area contributed by atoms with E-state index in [-0.39, 0.29) is 11.4 Å². The van der Waals surface area contributed by atoms with Crippen molar-refractivity contribution in [3.63, 3.8) is 0 Å². The van der Waals surface area contributed by atoms with Crippen LogP contribution in [0.5, 0.6) is 5.75 Å². The first-order chi connectivity index (χ1) is 12.7. The standard InChI is InChI=1S/C21H20O5/c1-2-24-20(22)9-6-12-25-16-10-11-17-19(13-16)26-14-18(21(17)23)15-7-4-3-5-8-15/h3-5,7-8,10-11,13-14H,2,6,9,12H2,1H3. The molecule has 5 nitrogen and oxygen atoms in total. The summed E-state index contributed by atoms with van der Waals surface area (Å²) in [4.78, 5) is 24.0. The second-order valence-corrected chi connectivity index (χ2v) is 5.76. The summed E-state index contributed by atoms with van der Waals surface area (Å²) in [7, 11) is 0. The SMILES string of the molecule is CCOC(=O)CCCOc1ccc2c(=O)c(-c3ccccc3)coc2c1. The van der Waals surface area contributed by atoms with Crippen molar-refractivity contribution in [2.45, 2.75) is 19.8 Å². The van der Waals surface area contributed by atoms with Crippen LogP contribution < -0.4 is 10.2 Å². The van der Waals surface area contributed by atoms with E-state index in [0.29, 0.717) is 48.3 Å². The highest BCUT2D eigenvalue weighted by molar-refractivity contribution is 5.82. The van der Waals surface area contributed by atoms with Gasteiger partial charge in [-0.1, -0.05) is 30.3 Å². The Bertz CT molecular complexity index is 944. The molecule has 0 aliphatic rings. The Morgan fingerprint density at radius 2 is 1.92 bits per heavy atom. The third kappa shape index (κ3) is 4.11. The maximum atomic E-state index is 12.7. The van der Waals surface area contributed by atoms with Crippen LogP contribution >= 0.6 is 0 Å². The predicted octanol–water partition coefficient (Wildman–Crippen LogP) is 4.18. The number of rotatable bonds is 7. The molecule has 5 heteroatoms. The van der Waals surface area contributed by atoms with Crippen LogP contribution in [0.15, 0.2) is 64.0 Å². The third-order valence-corrected chi connectivity index (χ3v) is 3.93. The molecular weight excluding hydrogens is 332 g/mol. The number of fused-ring (bicyclic) bond motifs is 1. The van der Waals surface area contributed by atoms with Gasteiger partial charge in [0.2, 0.25) is 0 Å². The molecule has 134 valence electrons. The van der Waals surface area contributed by atoms with Crippen molar-refractivity contribution in [2.24, 2.45) is 0 Å². The number of ether oxygens (including phenoxy) is 2. The van der Waals surface area contributed by atoms with Gasteiger partial charge in [0.15, 0.2) is 5.43 Å². The summed E-state index contributed by atoms with van der Waals surface area (Å²) in [6, 6.07) is 14.5. The van der Waals surface area contributed by atoms with Crippen molar-refractivity contribution in [3.8, 4) is 16.9 Å². The Labute approximate surface area is 151 Å². The Morgan fingerprint density at radius 1 is 1.12 bits per heavy atom. The fraction of sp³-hybridized carbons (Fsp3) is 0.238. The average molecular weight is 352 g/mol. The van der Waals surface area contributed by atoms with E-state index in [2.05, 4.69) is 0 Å². The molecule has 0 N–H and O–H groups in total. The molecule has 0 atom stereocenters. The lowest BCUT2D eigenvalue weighted by Crippen LogP contribution is -2.07. The molecule has 1 aromatic heterocycles. The number of esters is 1. The second kappa shape index (κ2) is 8.34. The lowest BCUT2D eigenvalue weighted by molar-refractivity contribution is -0.143. The quantitative estimate of drug-likeness (QED) is 0.471. The van der Waals surface area contributed by atoms with E-state index < -0.39 is 0 Å². The Balaban J connectivity index is 1.72. The number of carbonyl (C=O) groups excluding carboxylic acids is 1. The van der Waals surface area contributed by atoms with Crippen LogP contribution in [0.3, 0.4) is 0 Å². The first kappa shape index (κ1) is 17.7. The van der Waals surface area contributed by atoms with Crippen LogP contribution in [-0.2, 0) is 9.53 Å². The summed E-state index contributed by atoms with van der Waals surface area (Å²) in [5.74, 6) is 0.367. The summed E-state index contributed by atoms with van der Waals surface area (Å²) >= 11 is 0. The van der Waals surface area contributed by atoms with Crippen LogP contribution in [0.4, 0.5) is 0 Å². The van der Waals surface area contributed by atoms with Crippen molar-refractivity contribution in [3.05, 3.63) is 65.0 Å². The van der Waals surface area contributed by atoms with Gasteiger partial charge in [0.05, 0.1) is 24.2 Å². The van der Waals surface area contributed by atoms with Gasteiger partial charge in [0.1, 0.15) is 17.6 Å². The minimum atomic E-state index is -0.228. The van der Waals surface area contributed by atoms with Crippen molar-refractivity contribution >= 4 is 16.9 Å². The van der Waals surface area contributed by atoms with Crippen LogP contribution in [0.2, 0.25) is 0 Å². The molecule has 0 aliphatic carbocycles. The zero-order valence-corrected chi connectivity index (χ0v) is 14.6. The largest absolute Gasteiger partial charge is 0.493 e. The average Bonchev–Trinajstić information content (AvgIpc) is 2.66. The molecule has 0 amide bonds. The van der Waals surface area contributed by atoms with E-state index >= 15 is 0 Å². The summed E-state index contributed by atoms with van der Waals surface area (Å²) in [6.45, 7) is 2.55.